The van der Waals surface area contributed by atoms with Gasteiger partial charge < -0.3 is 10.2 Å². The second-order valence-electron chi connectivity index (χ2n) is 7.52. The number of piperidine rings is 1. The van der Waals surface area contributed by atoms with Crippen molar-refractivity contribution >= 4 is 29.0 Å². The first-order valence-electron chi connectivity index (χ1n) is 10.1. The molecular formula is C23H24N4O2S. The largest absolute Gasteiger partial charge is 0.342 e. The number of nitrogens with zero attached hydrogens (tertiary/aromatic N) is 3. The van der Waals surface area contributed by atoms with Gasteiger partial charge in [0.05, 0.1) is 18.0 Å². The molecule has 1 N–H and O–H groups in total. The highest BCUT2D eigenvalue weighted by atomic mass is 32.1. The molecule has 1 aliphatic heterocycles. The van der Waals surface area contributed by atoms with E-state index in [9.17, 15) is 9.59 Å². The summed E-state index contributed by atoms with van der Waals surface area (Å²) in [5, 5.41) is 5.77. The zero-order valence-corrected chi connectivity index (χ0v) is 17.7. The molecule has 1 fully saturated rings. The highest BCUT2D eigenvalue weighted by Crippen LogP contribution is 2.24. The Kier molecular flexibility index (Phi) is 6.18. The summed E-state index contributed by atoms with van der Waals surface area (Å²) >= 11 is 1.55. The summed E-state index contributed by atoms with van der Waals surface area (Å²) in [6.45, 7) is 3.03. The number of hydrogen-bond donors (Lipinski definition) is 1. The monoisotopic (exact) mass is 420 g/mol. The van der Waals surface area contributed by atoms with Gasteiger partial charge in [0, 0.05) is 30.2 Å². The van der Waals surface area contributed by atoms with E-state index in [4.69, 9.17) is 0 Å². The third kappa shape index (κ3) is 4.74. The first kappa shape index (κ1) is 20.2. The van der Waals surface area contributed by atoms with Crippen molar-refractivity contribution in [2.45, 2.75) is 26.2 Å². The number of aryl methyl sites for hydroxylation is 1. The van der Waals surface area contributed by atoms with E-state index >= 15 is 0 Å². The van der Waals surface area contributed by atoms with E-state index in [0.717, 1.165) is 34.7 Å². The number of benzene rings is 1. The van der Waals surface area contributed by atoms with Crippen LogP contribution in [0.4, 0.5) is 5.82 Å². The maximum Gasteiger partial charge on any atom is 0.230 e. The second kappa shape index (κ2) is 9.17. The molecule has 1 unspecified atom stereocenters. The smallest absolute Gasteiger partial charge is 0.230 e. The summed E-state index contributed by atoms with van der Waals surface area (Å²) < 4.78 is 0. The molecule has 0 bridgehead atoms. The molecule has 0 aliphatic carbocycles. The van der Waals surface area contributed by atoms with Gasteiger partial charge in [-0.25, -0.2) is 9.97 Å². The van der Waals surface area contributed by atoms with E-state index in [1.807, 2.05) is 54.8 Å². The topological polar surface area (TPSA) is 75.2 Å². The number of rotatable bonds is 5. The first-order chi connectivity index (χ1) is 14.6. The summed E-state index contributed by atoms with van der Waals surface area (Å²) in [4.78, 5) is 36.2. The number of pyridine rings is 1. The van der Waals surface area contributed by atoms with Crippen LogP contribution in [0.25, 0.3) is 10.6 Å². The number of amides is 2. The van der Waals surface area contributed by atoms with Gasteiger partial charge in [0.1, 0.15) is 10.8 Å². The van der Waals surface area contributed by atoms with Crippen molar-refractivity contribution in [2.24, 2.45) is 5.92 Å². The maximum atomic E-state index is 12.8. The lowest BCUT2D eigenvalue weighted by Gasteiger charge is -2.32. The van der Waals surface area contributed by atoms with Gasteiger partial charge in [-0.2, -0.15) is 0 Å². The Morgan fingerprint density at radius 3 is 2.83 bits per heavy atom. The SMILES string of the molecule is Cc1cccnc1NC(=O)C1CCCN(C(=O)Cc2csc(-c3ccccc3)n2)C1. The Labute approximate surface area is 180 Å². The highest BCUT2D eigenvalue weighted by Gasteiger charge is 2.29. The summed E-state index contributed by atoms with van der Waals surface area (Å²) in [7, 11) is 0. The highest BCUT2D eigenvalue weighted by molar-refractivity contribution is 7.13. The zero-order chi connectivity index (χ0) is 20.9. The van der Waals surface area contributed by atoms with E-state index in [1.54, 1.807) is 22.4 Å². The van der Waals surface area contributed by atoms with E-state index in [-0.39, 0.29) is 24.2 Å². The van der Waals surface area contributed by atoms with Gasteiger partial charge in [-0.15, -0.1) is 11.3 Å². The number of aromatic nitrogens is 2. The van der Waals surface area contributed by atoms with Gasteiger partial charge in [-0.05, 0) is 31.4 Å². The molecule has 7 heteroatoms. The molecule has 1 saturated heterocycles. The molecule has 3 aromatic rings. The summed E-state index contributed by atoms with van der Waals surface area (Å²) in [6, 6.07) is 13.7. The fraction of sp³-hybridized carbons (Fsp3) is 0.304. The van der Waals surface area contributed by atoms with Crippen LogP contribution < -0.4 is 5.32 Å². The number of likely N-dealkylation sites (tertiary alicyclic amines) is 1. The molecule has 1 aromatic carbocycles. The second-order valence-corrected chi connectivity index (χ2v) is 8.38. The molecule has 30 heavy (non-hydrogen) atoms. The molecule has 0 spiro atoms. The van der Waals surface area contributed by atoms with Crippen LogP contribution in [0.2, 0.25) is 0 Å². The van der Waals surface area contributed by atoms with Crippen LogP contribution in [-0.2, 0) is 16.0 Å². The summed E-state index contributed by atoms with van der Waals surface area (Å²) in [6.07, 6.45) is 3.52. The van der Waals surface area contributed by atoms with E-state index in [0.29, 0.717) is 18.9 Å². The van der Waals surface area contributed by atoms with Crippen LogP contribution in [-0.4, -0.2) is 39.8 Å². The lowest BCUT2D eigenvalue weighted by atomic mass is 9.96. The van der Waals surface area contributed by atoms with Crippen LogP contribution in [0.5, 0.6) is 0 Å². The van der Waals surface area contributed by atoms with Gasteiger partial charge in [0.15, 0.2) is 0 Å². The fourth-order valence-corrected chi connectivity index (χ4v) is 4.45. The van der Waals surface area contributed by atoms with Crippen molar-refractivity contribution in [3.63, 3.8) is 0 Å². The number of carbonyl (C=O) groups excluding carboxylic acids is 2. The van der Waals surface area contributed by atoms with Crippen LogP contribution in [0.3, 0.4) is 0 Å². The number of carbonyl (C=O) groups is 2. The predicted octanol–water partition coefficient (Wildman–Crippen LogP) is 3.93. The number of nitrogens with one attached hydrogen (secondary N) is 1. The van der Waals surface area contributed by atoms with E-state index < -0.39 is 0 Å². The molecular weight excluding hydrogens is 396 g/mol. The summed E-state index contributed by atoms with van der Waals surface area (Å²) in [5.74, 6) is 0.307. The third-order valence-electron chi connectivity index (χ3n) is 5.30. The molecule has 154 valence electrons. The molecule has 3 heterocycles. The van der Waals surface area contributed by atoms with Gasteiger partial charge in [-0.1, -0.05) is 36.4 Å². The Balaban J connectivity index is 1.36. The predicted molar refractivity (Wildman–Crippen MR) is 118 cm³/mol. The lowest BCUT2D eigenvalue weighted by molar-refractivity contribution is -0.134. The Morgan fingerprint density at radius 2 is 2.03 bits per heavy atom. The Bertz CT molecular complexity index is 1030. The van der Waals surface area contributed by atoms with Gasteiger partial charge in [-0.3, -0.25) is 9.59 Å². The Hall–Kier alpha value is -3.06. The van der Waals surface area contributed by atoms with Crippen LogP contribution >= 0.6 is 11.3 Å². The molecule has 2 aromatic heterocycles. The van der Waals surface area contributed by atoms with Crippen molar-refractivity contribution in [3.05, 3.63) is 65.3 Å². The number of anilines is 1. The minimum Gasteiger partial charge on any atom is -0.342 e. The molecule has 6 nitrogen and oxygen atoms in total. The molecule has 1 aliphatic rings. The van der Waals surface area contributed by atoms with Gasteiger partial charge in [0.25, 0.3) is 0 Å². The third-order valence-corrected chi connectivity index (χ3v) is 6.24. The zero-order valence-electron chi connectivity index (χ0n) is 16.9. The minimum absolute atomic E-state index is 0.0198. The van der Waals surface area contributed by atoms with Crippen molar-refractivity contribution in [1.29, 1.82) is 0 Å². The average Bonchev–Trinajstić information content (AvgIpc) is 3.24. The molecule has 2 amide bonds. The molecule has 0 saturated carbocycles. The van der Waals surface area contributed by atoms with Crippen molar-refractivity contribution in [3.8, 4) is 10.6 Å². The van der Waals surface area contributed by atoms with Crippen LogP contribution in [0.15, 0.2) is 54.0 Å². The molecule has 1 atom stereocenters. The van der Waals surface area contributed by atoms with Crippen molar-refractivity contribution < 1.29 is 9.59 Å². The van der Waals surface area contributed by atoms with Crippen molar-refractivity contribution in [2.75, 3.05) is 18.4 Å². The number of hydrogen-bond acceptors (Lipinski definition) is 5. The van der Waals surface area contributed by atoms with E-state index in [1.165, 1.54) is 0 Å². The Morgan fingerprint density at radius 1 is 1.20 bits per heavy atom. The standard InChI is InChI=1S/C23H24N4O2S/c1-16-7-5-11-24-21(16)26-22(29)18-10-6-12-27(14-18)20(28)13-19-15-30-23(25-19)17-8-3-2-4-9-17/h2-5,7-9,11,15,18H,6,10,12-14H2,1H3,(H,24,26,29). The quantitative estimate of drug-likeness (QED) is 0.679. The fourth-order valence-electron chi connectivity index (χ4n) is 3.62. The van der Waals surface area contributed by atoms with Crippen LogP contribution in [0, 0.1) is 12.8 Å². The molecule has 4 rings (SSSR count). The lowest BCUT2D eigenvalue weighted by Crippen LogP contribution is -2.44. The van der Waals surface area contributed by atoms with E-state index in [2.05, 4.69) is 15.3 Å². The normalized spacial score (nSPS) is 16.3. The molecule has 0 radical (unpaired) electrons. The first-order valence-corrected chi connectivity index (χ1v) is 11.0. The van der Waals surface area contributed by atoms with Gasteiger partial charge in [0.2, 0.25) is 11.8 Å². The van der Waals surface area contributed by atoms with Gasteiger partial charge >= 0.3 is 0 Å². The van der Waals surface area contributed by atoms with Crippen LogP contribution in [0.1, 0.15) is 24.1 Å². The minimum atomic E-state index is -0.223. The maximum absolute atomic E-state index is 12.8. The van der Waals surface area contributed by atoms with Crippen molar-refractivity contribution in [1.82, 2.24) is 14.9 Å². The average molecular weight is 421 g/mol. The number of thiazole rings is 1. The summed E-state index contributed by atoms with van der Waals surface area (Å²) in [5.41, 5.74) is 2.76.